The molecule has 28 heavy (non-hydrogen) atoms. The van der Waals surface area contributed by atoms with Gasteiger partial charge in [0, 0.05) is 17.0 Å². The minimum atomic E-state index is -0.0374. The number of hydrogen-bond donors (Lipinski definition) is 2. The predicted octanol–water partition coefficient (Wildman–Crippen LogP) is 5.43. The minimum absolute atomic E-state index is 0.0374. The quantitative estimate of drug-likeness (QED) is 0.482. The van der Waals surface area contributed by atoms with Crippen molar-refractivity contribution >= 4 is 34.7 Å². The van der Waals surface area contributed by atoms with E-state index in [1.807, 2.05) is 11.4 Å². The molecule has 0 radical (unpaired) electrons. The van der Waals surface area contributed by atoms with Crippen molar-refractivity contribution in [2.24, 2.45) is 0 Å². The number of H-pyrrole nitrogens is 1. The van der Waals surface area contributed by atoms with Crippen molar-refractivity contribution in [2.45, 2.75) is 51.1 Å². The lowest BCUT2D eigenvalue weighted by atomic mass is 9.92. The Morgan fingerprint density at radius 3 is 2.46 bits per heavy atom. The topological polar surface area (TPSA) is 70.7 Å². The van der Waals surface area contributed by atoms with Gasteiger partial charge >= 0.3 is 0 Å². The molecule has 2 aromatic heterocycles. The van der Waals surface area contributed by atoms with Crippen molar-refractivity contribution in [1.82, 2.24) is 15.2 Å². The molecule has 0 aliphatic heterocycles. The van der Waals surface area contributed by atoms with Crippen LogP contribution in [0.2, 0.25) is 0 Å². The Hall–Kier alpha value is -2.12. The molecule has 7 heteroatoms. The van der Waals surface area contributed by atoms with Gasteiger partial charge in [0.2, 0.25) is 11.1 Å². The first kappa shape index (κ1) is 20.6. The molecular weight excluding hydrogens is 388 g/mol. The van der Waals surface area contributed by atoms with E-state index in [1.54, 1.807) is 11.3 Å². The molecule has 1 amide bonds. The summed E-state index contributed by atoms with van der Waals surface area (Å²) in [6, 6.07) is 10.3. The summed E-state index contributed by atoms with van der Waals surface area (Å²) in [5.74, 6) is 1.74. The number of aromatic nitrogens is 3. The zero-order valence-electron chi connectivity index (χ0n) is 16.7. The second-order valence-electron chi connectivity index (χ2n) is 7.28. The summed E-state index contributed by atoms with van der Waals surface area (Å²) in [6.07, 6.45) is 0.733. The Bertz CT molecular complexity index is 890. The van der Waals surface area contributed by atoms with E-state index in [1.165, 1.54) is 27.8 Å². The molecule has 0 aliphatic carbocycles. The number of amides is 1. The first-order chi connectivity index (χ1) is 13.4. The van der Waals surface area contributed by atoms with Crippen LogP contribution in [0.3, 0.4) is 0 Å². The zero-order valence-corrected chi connectivity index (χ0v) is 18.3. The number of nitrogens with zero attached hydrogens (tertiary/aromatic N) is 2. The molecule has 0 saturated carbocycles. The maximum absolute atomic E-state index is 12.6. The van der Waals surface area contributed by atoms with Crippen molar-refractivity contribution < 1.29 is 4.79 Å². The van der Waals surface area contributed by atoms with Crippen LogP contribution in [0, 0.1) is 0 Å². The van der Waals surface area contributed by atoms with Crippen LogP contribution >= 0.6 is 23.1 Å². The molecule has 0 spiro atoms. The average molecular weight is 415 g/mol. The number of nitrogens with one attached hydrogen (secondary N) is 2. The Kier molecular flexibility index (Phi) is 6.91. The highest BCUT2D eigenvalue weighted by molar-refractivity contribution is 7.99. The third-order valence-corrected chi connectivity index (χ3v) is 6.13. The molecule has 5 nitrogen and oxygen atoms in total. The molecule has 0 unspecified atom stereocenters. The molecule has 2 N–H and O–H groups in total. The maximum Gasteiger partial charge on any atom is 0.234 e. The van der Waals surface area contributed by atoms with Crippen LogP contribution < -0.4 is 5.32 Å². The van der Waals surface area contributed by atoms with Gasteiger partial charge in [0.1, 0.15) is 5.82 Å². The summed E-state index contributed by atoms with van der Waals surface area (Å²) in [6.45, 7) is 8.58. The SMILES string of the molecule is CC(C)c1cccc(C(C)C)c1NC(=O)CSc1n[nH]c(Cc2cccs2)n1. The summed E-state index contributed by atoms with van der Waals surface area (Å²) < 4.78 is 0. The minimum Gasteiger partial charge on any atom is -0.325 e. The van der Waals surface area contributed by atoms with E-state index < -0.39 is 0 Å². The number of rotatable bonds is 8. The second kappa shape index (κ2) is 9.39. The van der Waals surface area contributed by atoms with Crippen molar-refractivity contribution in [1.29, 1.82) is 0 Å². The highest BCUT2D eigenvalue weighted by atomic mass is 32.2. The summed E-state index contributed by atoms with van der Waals surface area (Å²) in [5.41, 5.74) is 3.29. The number of benzene rings is 1. The van der Waals surface area contributed by atoms with Crippen molar-refractivity contribution in [2.75, 3.05) is 11.1 Å². The van der Waals surface area contributed by atoms with Gasteiger partial charge in [-0.3, -0.25) is 9.89 Å². The van der Waals surface area contributed by atoms with Crippen LogP contribution in [0.25, 0.3) is 0 Å². The van der Waals surface area contributed by atoms with Gasteiger partial charge in [0.15, 0.2) is 0 Å². The van der Waals surface area contributed by atoms with Gasteiger partial charge in [-0.15, -0.1) is 16.4 Å². The van der Waals surface area contributed by atoms with Gasteiger partial charge in [-0.1, -0.05) is 63.7 Å². The molecule has 0 bridgehead atoms. The molecule has 3 aromatic rings. The summed E-state index contributed by atoms with van der Waals surface area (Å²) in [7, 11) is 0. The van der Waals surface area contributed by atoms with Crippen LogP contribution in [0.5, 0.6) is 0 Å². The Balaban J connectivity index is 1.63. The van der Waals surface area contributed by atoms with E-state index in [-0.39, 0.29) is 11.7 Å². The normalized spacial score (nSPS) is 11.4. The lowest BCUT2D eigenvalue weighted by molar-refractivity contribution is -0.113. The number of carbonyl (C=O) groups excluding carboxylic acids is 1. The van der Waals surface area contributed by atoms with Gasteiger partial charge in [-0.2, -0.15) is 0 Å². The number of anilines is 1. The van der Waals surface area contributed by atoms with Gasteiger partial charge in [-0.25, -0.2) is 4.98 Å². The number of carbonyl (C=O) groups is 1. The smallest absolute Gasteiger partial charge is 0.234 e. The maximum atomic E-state index is 12.6. The third-order valence-electron chi connectivity index (χ3n) is 4.40. The molecule has 0 saturated heterocycles. The zero-order chi connectivity index (χ0) is 20.1. The average Bonchev–Trinajstić information content (AvgIpc) is 3.32. The first-order valence-corrected chi connectivity index (χ1v) is 11.3. The fraction of sp³-hybridized carbons (Fsp3) is 0.381. The van der Waals surface area contributed by atoms with Gasteiger partial charge in [-0.05, 0) is 34.4 Å². The number of hydrogen-bond acceptors (Lipinski definition) is 5. The lowest BCUT2D eigenvalue weighted by Crippen LogP contribution is -2.17. The fourth-order valence-corrected chi connectivity index (χ4v) is 4.33. The van der Waals surface area contributed by atoms with Crippen molar-refractivity contribution in [3.8, 4) is 0 Å². The highest BCUT2D eigenvalue weighted by Crippen LogP contribution is 2.32. The number of thioether (sulfide) groups is 1. The van der Waals surface area contributed by atoms with Crippen molar-refractivity contribution in [3.05, 3.63) is 57.5 Å². The number of para-hydroxylation sites is 1. The van der Waals surface area contributed by atoms with E-state index in [9.17, 15) is 4.79 Å². The third kappa shape index (κ3) is 5.23. The predicted molar refractivity (Wildman–Crippen MR) is 117 cm³/mol. The molecular formula is C21H26N4OS2. The van der Waals surface area contributed by atoms with Crippen LogP contribution in [-0.2, 0) is 11.2 Å². The molecule has 0 aliphatic rings. The molecule has 3 rings (SSSR count). The standard InChI is InChI=1S/C21H26N4OS2/c1-13(2)16-8-5-9-17(14(3)4)20(16)23-19(26)12-28-21-22-18(24-25-21)11-15-7-6-10-27-15/h5-10,13-14H,11-12H2,1-4H3,(H,23,26)(H,22,24,25). The van der Waals surface area contributed by atoms with Crippen LogP contribution in [-0.4, -0.2) is 26.8 Å². The van der Waals surface area contributed by atoms with E-state index >= 15 is 0 Å². The van der Waals surface area contributed by atoms with Gasteiger partial charge < -0.3 is 5.32 Å². The summed E-state index contributed by atoms with van der Waals surface area (Å²) >= 11 is 3.04. The largest absolute Gasteiger partial charge is 0.325 e. The highest BCUT2D eigenvalue weighted by Gasteiger charge is 2.16. The fourth-order valence-electron chi connectivity index (χ4n) is 3.00. The second-order valence-corrected chi connectivity index (χ2v) is 9.25. The van der Waals surface area contributed by atoms with E-state index in [0.29, 0.717) is 17.0 Å². The number of aromatic amines is 1. The van der Waals surface area contributed by atoms with E-state index in [4.69, 9.17) is 0 Å². The summed E-state index contributed by atoms with van der Waals surface area (Å²) in [5, 5.41) is 13.0. The van der Waals surface area contributed by atoms with Crippen LogP contribution in [0.15, 0.2) is 40.9 Å². The molecule has 148 valence electrons. The van der Waals surface area contributed by atoms with Gasteiger partial charge in [0.25, 0.3) is 0 Å². The summed E-state index contributed by atoms with van der Waals surface area (Å²) in [4.78, 5) is 18.3. The molecule has 2 heterocycles. The van der Waals surface area contributed by atoms with Crippen LogP contribution in [0.4, 0.5) is 5.69 Å². The van der Waals surface area contributed by atoms with Gasteiger partial charge in [0.05, 0.1) is 5.75 Å². The van der Waals surface area contributed by atoms with E-state index in [0.717, 1.165) is 17.9 Å². The molecule has 1 aromatic carbocycles. The Morgan fingerprint density at radius 2 is 1.86 bits per heavy atom. The molecule has 0 fully saturated rings. The van der Waals surface area contributed by atoms with Crippen molar-refractivity contribution in [3.63, 3.8) is 0 Å². The Morgan fingerprint density at radius 1 is 1.14 bits per heavy atom. The molecule has 0 atom stereocenters. The lowest BCUT2D eigenvalue weighted by Gasteiger charge is -2.20. The monoisotopic (exact) mass is 414 g/mol. The van der Waals surface area contributed by atoms with E-state index in [2.05, 4.69) is 72.5 Å². The number of thiophene rings is 1. The Labute approximate surface area is 174 Å². The first-order valence-electron chi connectivity index (χ1n) is 9.43. The van der Waals surface area contributed by atoms with Crippen LogP contribution in [0.1, 0.15) is 61.4 Å².